The molecular formula is C28H30N6O4. The molecular weight excluding hydrogens is 484 g/mol. The minimum absolute atomic E-state index is 0.0220. The molecule has 3 aromatic heterocycles. The van der Waals surface area contributed by atoms with Gasteiger partial charge >= 0.3 is 0 Å². The van der Waals surface area contributed by atoms with Gasteiger partial charge in [-0.15, -0.1) is 0 Å². The molecule has 0 aromatic carbocycles. The second kappa shape index (κ2) is 9.82. The van der Waals surface area contributed by atoms with Gasteiger partial charge in [0.05, 0.1) is 30.9 Å². The molecule has 3 aliphatic rings. The monoisotopic (exact) mass is 514 g/mol. The van der Waals surface area contributed by atoms with Crippen molar-refractivity contribution >= 4 is 22.6 Å². The maximum atomic E-state index is 13.6. The Morgan fingerprint density at radius 3 is 2.63 bits per heavy atom. The van der Waals surface area contributed by atoms with Gasteiger partial charge in [0, 0.05) is 50.2 Å². The highest BCUT2D eigenvalue weighted by Gasteiger charge is 2.48. The number of nitrogens with one attached hydrogen (secondary N) is 1. The van der Waals surface area contributed by atoms with E-state index in [4.69, 9.17) is 11.3 Å². The number of pyridine rings is 3. The van der Waals surface area contributed by atoms with Crippen LogP contribution in [0.3, 0.4) is 0 Å². The Labute approximate surface area is 220 Å². The third kappa shape index (κ3) is 4.42. The first kappa shape index (κ1) is 24.5. The van der Waals surface area contributed by atoms with Gasteiger partial charge in [-0.25, -0.2) is 9.83 Å². The van der Waals surface area contributed by atoms with Crippen molar-refractivity contribution in [3.8, 4) is 17.0 Å². The number of hydrogen-bond donors (Lipinski definition) is 2. The van der Waals surface area contributed by atoms with Gasteiger partial charge < -0.3 is 15.2 Å². The predicted molar refractivity (Wildman–Crippen MR) is 141 cm³/mol. The molecule has 10 nitrogen and oxygen atoms in total. The molecule has 196 valence electrons. The summed E-state index contributed by atoms with van der Waals surface area (Å²) in [5.41, 5.74) is 1.50. The van der Waals surface area contributed by atoms with E-state index in [1.165, 1.54) is 30.0 Å². The van der Waals surface area contributed by atoms with Crippen LogP contribution in [0.1, 0.15) is 42.5 Å². The van der Waals surface area contributed by atoms with E-state index >= 15 is 0 Å². The number of aromatic nitrogens is 3. The van der Waals surface area contributed by atoms with Crippen LogP contribution in [-0.4, -0.2) is 69.3 Å². The smallest absolute Gasteiger partial charge is 0.268 e. The lowest BCUT2D eigenvalue weighted by Crippen LogP contribution is -2.54. The molecule has 2 N–H and O–H groups in total. The Kier molecular flexibility index (Phi) is 6.33. The van der Waals surface area contributed by atoms with Crippen molar-refractivity contribution in [2.75, 3.05) is 32.8 Å². The number of carbonyl (C=O) groups is 1. The predicted octanol–water partition coefficient (Wildman–Crippen LogP) is 3.11. The molecule has 1 saturated heterocycles. The van der Waals surface area contributed by atoms with Crippen LogP contribution in [-0.2, 0) is 11.3 Å². The van der Waals surface area contributed by atoms with Gasteiger partial charge in [0.2, 0.25) is 5.69 Å². The first-order valence-electron chi connectivity index (χ1n) is 13.2. The van der Waals surface area contributed by atoms with Crippen molar-refractivity contribution in [3.63, 3.8) is 0 Å². The summed E-state index contributed by atoms with van der Waals surface area (Å²) in [6.07, 6.45) is 8.57. The van der Waals surface area contributed by atoms with Crippen LogP contribution < -0.4 is 10.9 Å². The van der Waals surface area contributed by atoms with E-state index < -0.39 is 11.5 Å². The number of nitrogens with zero attached hydrogens (tertiary/aromatic N) is 5. The van der Waals surface area contributed by atoms with Crippen LogP contribution in [0.15, 0.2) is 35.4 Å². The topological polar surface area (TPSA) is 114 Å². The second-order valence-corrected chi connectivity index (χ2v) is 10.7. The molecule has 0 bridgehead atoms. The summed E-state index contributed by atoms with van der Waals surface area (Å²) >= 11 is 0. The summed E-state index contributed by atoms with van der Waals surface area (Å²) in [7, 11) is 0. The number of carbonyl (C=O) groups excluding carboxylic acids is 1. The third-order valence-electron chi connectivity index (χ3n) is 8.32. The Morgan fingerprint density at radius 1 is 1.18 bits per heavy atom. The van der Waals surface area contributed by atoms with Gasteiger partial charge in [0.15, 0.2) is 0 Å². The van der Waals surface area contributed by atoms with Gasteiger partial charge in [-0.2, -0.15) is 0 Å². The molecule has 6 rings (SSSR count). The van der Waals surface area contributed by atoms with E-state index in [1.54, 1.807) is 24.4 Å². The van der Waals surface area contributed by atoms with Crippen LogP contribution in [0.4, 0.5) is 5.69 Å². The number of rotatable bonds is 6. The number of ether oxygens (including phenoxy) is 1. The van der Waals surface area contributed by atoms with Crippen molar-refractivity contribution in [2.45, 2.75) is 44.7 Å². The standard InChI is InChI=1S/C28H30N6O4/c1-29-19-3-4-22(30-17-19)18-13-21-24(35)23(26(36)32-20-14-28(15-20)5-2-6-28)27(37)34(25(21)31-16-18)8-7-33-9-11-38-12-10-33/h3-4,13,16-17,20,35H,2,5-12,14-15H2,(H,32,36). The zero-order chi connectivity index (χ0) is 26.3. The third-order valence-corrected chi connectivity index (χ3v) is 8.32. The fraction of sp³-hybridized carbons (Fsp3) is 0.464. The maximum Gasteiger partial charge on any atom is 0.268 e. The van der Waals surface area contributed by atoms with Crippen molar-refractivity contribution in [2.24, 2.45) is 5.41 Å². The fourth-order valence-electron chi connectivity index (χ4n) is 5.99. The van der Waals surface area contributed by atoms with Gasteiger partial charge in [-0.1, -0.05) is 12.5 Å². The van der Waals surface area contributed by atoms with Gasteiger partial charge in [-0.05, 0) is 43.2 Å². The lowest BCUT2D eigenvalue weighted by atomic mass is 9.54. The summed E-state index contributed by atoms with van der Waals surface area (Å²) in [6, 6.07) is 5.09. The molecule has 2 saturated carbocycles. The first-order valence-corrected chi connectivity index (χ1v) is 13.2. The van der Waals surface area contributed by atoms with Gasteiger partial charge in [0.25, 0.3) is 11.5 Å². The van der Waals surface area contributed by atoms with Crippen LogP contribution in [0.2, 0.25) is 0 Å². The molecule has 1 aliphatic heterocycles. The van der Waals surface area contributed by atoms with E-state index in [2.05, 4.69) is 25.0 Å². The summed E-state index contributed by atoms with van der Waals surface area (Å²) in [5.74, 6) is -0.909. The minimum Gasteiger partial charge on any atom is -0.506 e. The zero-order valence-corrected chi connectivity index (χ0v) is 21.2. The molecule has 0 radical (unpaired) electrons. The van der Waals surface area contributed by atoms with E-state index in [0.29, 0.717) is 59.7 Å². The van der Waals surface area contributed by atoms with E-state index in [-0.39, 0.29) is 17.4 Å². The molecule has 1 amide bonds. The quantitative estimate of drug-likeness (QED) is 0.486. The number of hydrogen-bond acceptors (Lipinski definition) is 7. The number of fused-ring (bicyclic) bond motifs is 1. The van der Waals surface area contributed by atoms with Crippen LogP contribution in [0, 0.1) is 12.0 Å². The van der Waals surface area contributed by atoms with Gasteiger partial charge in [-0.3, -0.25) is 24.0 Å². The van der Waals surface area contributed by atoms with E-state index in [1.807, 2.05) is 0 Å². The molecule has 2 aliphatic carbocycles. The molecule has 3 fully saturated rings. The lowest BCUT2D eigenvalue weighted by molar-refractivity contribution is -0.000679. The first-order chi connectivity index (χ1) is 18.5. The normalized spacial score (nSPS) is 19.0. The fourth-order valence-corrected chi connectivity index (χ4v) is 5.99. The summed E-state index contributed by atoms with van der Waals surface area (Å²) in [4.78, 5) is 41.5. The SMILES string of the molecule is [C-]#[N+]c1ccc(-c2cnc3c(c2)c(O)c(C(=O)NC2CC4(CCC4)C2)c(=O)n3CCN2CCOCC2)nc1. The highest BCUT2D eigenvalue weighted by molar-refractivity contribution is 6.02. The average molecular weight is 515 g/mol. The van der Waals surface area contributed by atoms with Crippen molar-refractivity contribution < 1.29 is 14.6 Å². The Balaban J connectivity index is 1.37. The zero-order valence-electron chi connectivity index (χ0n) is 21.2. The Hall–Kier alpha value is -3.81. The Bertz CT molecular complexity index is 1470. The number of aromatic hydroxyl groups is 1. The molecule has 1 spiro atoms. The van der Waals surface area contributed by atoms with Crippen LogP contribution in [0.25, 0.3) is 27.1 Å². The summed E-state index contributed by atoms with van der Waals surface area (Å²) in [6.45, 7) is 10.9. The van der Waals surface area contributed by atoms with Crippen molar-refractivity contribution in [1.82, 2.24) is 24.8 Å². The molecule has 10 heteroatoms. The van der Waals surface area contributed by atoms with E-state index in [9.17, 15) is 14.7 Å². The van der Waals surface area contributed by atoms with Crippen LogP contribution in [0.5, 0.6) is 5.75 Å². The largest absolute Gasteiger partial charge is 0.506 e. The molecule has 3 aromatic rings. The summed E-state index contributed by atoms with van der Waals surface area (Å²) < 4.78 is 6.92. The number of morpholine rings is 1. The average Bonchev–Trinajstić information content (AvgIpc) is 2.90. The molecule has 0 atom stereocenters. The second-order valence-electron chi connectivity index (χ2n) is 10.7. The Morgan fingerprint density at radius 2 is 1.97 bits per heavy atom. The van der Waals surface area contributed by atoms with Crippen molar-refractivity contribution in [3.05, 3.63) is 57.9 Å². The molecule has 0 unspecified atom stereocenters. The highest BCUT2D eigenvalue weighted by Crippen LogP contribution is 2.55. The number of amides is 1. The maximum absolute atomic E-state index is 13.6. The molecule has 38 heavy (non-hydrogen) atoms. The van der Waals surface area contributed by atoms with E-state index in [0.717, 1.165) is 25.9 Å². The van der Waals surface area contributed by atoms with Crippen LogP contribution >= 0.6 is 0 Å². The highest BCUT2D eigenvalue weighted by atomic mass is 16.5. The molecule has 4 heterocycles. The van der Waals surface area contributed by atoms with Crippen molar-refractivity contribution in [1.29, 1.82) is 0 Å². The summed E-state index contributed by atoms with van der Waals surface area (Å²) in [5, 5.41) is 14.6. The minimum atomic E-state index is -0.543. The van der Waals surface area contributed by atoms with Gasteiger partial charge in [0.1, 0.15) is 17.0 Å². The lowest BCUT2D eigenvalue weighted by Gasteiger charge is -2.54.